The van der Waals surface area contributed by atoms with Crippen LogP contribution in [0, 0.1) is 10.1 Å². The minimum atomic E-state index is -0.434. The highest BCUT2D eigenvalue weighted by molar-refractivity contribution is 5.59. The van der Waals surface area contributed by atoms with Crippen molar-refractivity contribution >= 4 is 11.4 Å². The monoisotopic (exact) mass is 266 g/mol. The van der Waals surface area contributed by atoms with Crippen LogP contribution < -0.4 is 9.64 Å². The molecule has 1 atom stereocenters. The topological polar surface area (TPSA) is 64.8 Å². The van der Waals surface area contributed by atoms with Gasteiger partial charge in [-0.05, 0) is 12.5 Å². The largest absolute Gasteiger partial charge is 0.490 e. The van der Waals surface area contributed by atoms with Crippen LogP contribution in [0.1, 0.15) is 13.3 Å². The van der Waals surface area contributed by atoms with Gasteiger partial charge in [0.2, 0.25) is 0 Å². The minimum Gasteiger partial charge on any atom is -0.490 e. The average Bonchev–Trinajstić information content (AvgIpc) is 2.46. The molecule has 0 spiro atoms. The number of nitro benzene ring substituents is 1. The standard InChI is InChI=1S/C13H18N2O4/c1-3-11-9-14(6-7-19-11)10-4-5-12(15(16)17)13(8-10)18-2/h4-5,8,11H,3,6-7,9H2,1-2H3. The summed E-state index contributed by atoms with van der Waals surface area (Å²) in [5, 5.41) is 10.9. The van der Waals surface area contributed by atoms with Gasteiger partial charge >= 0.3 is 5.69 Å². The molecule has 1 aromatic rings. The van der Waals surface area contributed by atoms with E-state index in [1.54, 1.807) is 12.1 Å². The number of hydrogen-bond donors (Lipinski definition) is 0. The maximum atomic E-state index is 10.9. The van der Waals surface area contributed by atoms with Crippen LogP contribution in [0.25, 0.3) is 0 Å². The molecule has 6 nitrogen and oxygen atoms in total. The molecule has 0 aromatic heterocycles. The number of anilines is 1. The van der Waals surface area contributed by atoms with E-state index in [0.29, 0.717) is 12.4 Å². The summed E-state index contributed by atoms with van der Waals surface area (Å²) in [6.07, 6.45) is 1.18. The molecule has 0 radical (unpaired) electrons. The molecule has 19 heavy (non-hydrogen) atoms. The Balaban J connectivity index is 2.23. The Hall–Kier alpha value is -1.82. The predicted molar refractivity (Wildman–Crippen MR) is 71.9 cm³/mol. The molecule has 2 rings (SSSR count). The number of benzene rings is 1. The molecule has 0 saturated carbocycles. The first-order chi connectivity index (χ1) is 9.15. The van der Waals surface area contributed by atoms with Crippen molar-refractivity contribution in [2.45, 2.75) is 19.4 Å². The zero-order chi connectivity index (χ0) is 13.8. The van der Waals surface area contributed by atoms with Gasteiger partial charge in [0.1, 0.15) is 0 Å². The summed E-state index contributed by atoms with van der Waals surface area (Å²) in [6, 6.07) is 4.97. The Morgan fingerprint density at radius 2 is 2.37 bits per heavy atom. The van der Waals surface area contributed by atoms with Crippen molar-refractivity contribution in [3.63, 3.8) is 0 Å². The Kier molecular flexibility index (Phi) is 4.21. The quantitative estimate of drug-likeness (QED) is 0.617. The fourth-order valence-electron chi connectivity index (χ4n) is 2.21. The van der Waals surface area contributed by atoms with Gasteiger partial charge in [-0.15, -0.1) is 0 Å². The van der Waals surface area contributed by atoms with Crippen molar-refractivity contribution in [3.8, 4) is 5.75 Å². The lowest BCUT2D eigenvalue weighted by molar-refractivity contribution is -0.385. The SMILES string of the molecule is CCC1CN(c2ccc([N+](=O)[O-])c(OC)c2)CCO1. The molecule has 0 bridgehead atoms. The van der Waals surface area contributed by atoms with Crippen LogP contribution in [0.4, 0.5) is 11.4 Å². The summed E-state index contributed by atoms with van der Waals surface area (Å²) in [5.41, 5.74) is 0.927. The number of methoxy groups -OCH3 is 1. The van der Waals surface area contributed by atoms with Crippen LogP contribution in [0.2, 0.25) is 0 Å². The molecule has 1 aliphatic heterocycles. The highest BCUT2D eigenvalue weighted by Crippen LogP contribution is 2.32. The number of ether oxygens (including phenoxy) is 2. The van der Waals surface area contributed by atoms with E-state index in [0.717, 1.165) is 25.2 Å². The number of nitro groups is 1. The molecule has 1 aliphatic rings. The second kappa shape index (κ2) is 5.88. The van der Waals surface area contributed by atoms with Crippen LogP contribution >= 0.6 is 0 Å². The van der Waals surface area contributed by atoms with Crippen molar-refractivity contribution in [2.75, 3.05) is 31.7 Å². The van der Waals surface area contributed by atoms with Gasteiger partial charge in [-0.3, -0.25) is 10.1 Å². The molecule has 0 N–H and O–H groups in total. The van der Waals surface area contributed by atoms with Crippen molar-refractivity contribution in [2.24, 2.45) is 0 Å². The summed E-state index contributed by atoms with van der Waals surface area (Å²) in [7, 11) is 1.44. The zero-order valence-electron chi connectivity index (χ0n) is 11.2. The maximum Gasteiger partial charge on any atom is 0.311 e. The van der Waals surface area contributed by atoms with E-state index in [-0.39, 0.29) is 11.8 Å². The van der Waals surface area contributed by atoms with Gasteiger partial charge in [0, 0.05) is 30.9 Å². The first-order valence-corrected chi connectivity index (χ1v) is 6.34. The summed E-state index contributed by atoms with van der Waals surface area (Å²) < 4.78 is 10.7. The first-order valence-electron chi connectivity index (χ1n) is 6.34. The predicted octanol–water partition coefficient (Wildman–Crippen LogP) is 2.22. The average molecular weight is 266 g/mol. The Bertz CT molecular complexity index is 464. The molecular formula is C13H18N2O4. The fraction of sp³-hybridized carbons (Fsp3) is 0.538. The summed E-state index contributed by atoms with van der Waals surface area (Å²) in [5.74, 6) is 0.294. The van der Waals surface area contributed by atoms with Crippen LogP contribution in [0.3, 0.4) is 0 Å². The number of rotatable bonds is 4. The van der Waals surface area contributed by atoms with Crippen molar-refractivity contribution in [3.05, 3.63) is 28.3 Å². The van der Waals surface area contributed by atoms with Crippen LogP contribution in [-0.4, -0.2) is 37.8 Å². The third kappa shape index (κ3) is 2.96. The van der Waals surface area contributed by atoms with Crippen LogP contribution in [-0.2, 0) is 4.74 Å². The van der Waals surface area contributed by atoms with E-state index in [1.807, 2.05) is 0 Å². The van der Waals surface area contributed by atoms with Gasteiger partial charge < -0.3 is 14.4 Å². The maximum absolute atomic E-state index is 10.9. The normalized spacial score (nSPS) is 19.3. The van der Waals surface area contributed by atoms with Crippen LogP contribution in [0.5, 0.6) is 5.75 Å². The van der Waals surface area contributed by atoms with E-state index < -0.39 is 4.92 Å². The fourth-order valence-corrected chi connectivity index (χ4v) is 2.21. The molecule has 0 amide bonds. The van der Waals surface area contributed by atoms with Gasteiger partial charge in [-0.2, -0.15) is 0 Å². The molecule has 1 fully saturated rings. The molecule has 1 saturated heterocycles. The second-order valence-electron chi connectivity index (χ2n) is 4.46. The molecule has 6 heteroatoms. The highest BCUT2D eigenvalue weighted by Gasteiger charge is 2.22. The lowest BCUT2D eigenvalue weighted by atomic mass is 10.2. The smallest absolute Gasteiger partial charge is 0.311 e. The Morgan fingerprint density at radius 3 is 3.00 bits per heavy atom. The Labute approximate surface area is 112 Å². The lowest BCUT2D eigenvalue weighted by Crippen LogP contribution is -2.42. The summed E-state index contributed by atoms with van der Waals surface area (Å²) in [6.45, 7) is 4.36. The van der Waals surface area contributed by atoms with Crippen molar-refractivity contribution in [1.82, 2.24) is 0 Å². The zero-order valence-corrected chi connectivity index (χ0v) is 11.2. The first kappa shape index (κ1) is 13.6. The summed E-state index contributed by atoms with van der Waals surface area (Å²) >= 11 is 0. The van der Waals surface area contributed by atoms with E-state index >= 15 is 0 Å². The molecule has 104 valence electrons. The van der Waals surface area contributed by atoms with E-state index in [4.69, 9.17) is 9.47 Å². The minimum absolute atomic E-state index is 0.00782. The highest BCUT2D eigenvalue weighted by atomic mass is 16.6. The van der Waals surface area contributed by atoms with Gasteiger partial charge in [-0.25, -0.2) is 0 Å². The number of hydrogen-bond acceptors (Lipinski definition) is 5. The number of morpholine rings is 1. The third-order valence-electron chi connectivity index (χ3n) is 3.32. The second-order valence-corrected chi connectivity index (χ2v) is 4.46. The molecule has 1 unspecified atom stereocenters. The molecule has 1 aromatic carbocycles. The van der Waals surface area contributed by atoms with Gasteiger partial charge in [0.05, 0.1) is 24.7 Å². The molecule has 0 aliphatic carbocycles. The molecule has 1 heterocycles. The van der Waals surface area contributed by atoms with Gasteiger partial charge in [0.15, 0.2) is 5.75 Å². The number of nitrogens with zero attached hydrogens (tertiary/aromatic N) is 2. The van der Waals surface area contributed by atoms with Gasteiger partial charge in [-0.1, -0.05) is 6.92 Å². The van der Waals surface area contributed by atoms with Crippen molar-refractivity contribution in [1.29, 1.82) is 0 Å². The Morgan fingerprint density at radius 1 is 1.58 bits per heavy atom. The van der Waals surface area contributed by atoms with E-state index in [9.17, 15) is 10.1 Å². The van der Waals surface area contributed by atoms with Crippen molar-refractivity contribution < 1.29 is 14.4 Å². The van der Waals surface area contributed by atoms with Crippen LogP contribution in [0.15, 0.2) is 18.2 Å². The van der Waals surface area contributed by atoms with Gasteiger partial charge in [0.25, 0.3) is 0 Å². The van der Waals surface area contributed by atoms with E-state index in [1.165, 1.54) is 13.2 Å². The lowest BCUT2D eigenvalue weighted by Gasteiger charge is -2.34. The third-order valence-corrected chi connectivity index (χ3v) is 3.32. The molecular weight excluding hydrogens is 248 g/mol. The summed E-state index contributed by atoms with van der Waals surface area (Å²) in [4.78, 5) is 12.6. The van der Waals surface area contributed by atoms with E-state index in [2.05, 4.69) is 11.8 Å².